The van der Waals surface area contributed by atoms with Crippen LogP contribution in [-0.4, -0.2) is 17.0 Å². The van der Waals surface area contributed by atoms with Crippen molar-refractivity contribution in [1.29, 1.82) is 0 Å². The summed E-state index contributed by atoms with van der Waals surface area (Å²) in [6.07, 6.45) is 1.04. The first kappa shape index (κ1) is 11.0. The zero-order chi connectivity index (χ0) is 12.4. The van der Waals surface area contributed by atoms with Crippen LogP contribution in [0.3, 0.4) is 0 Å². The normalized spacial score (nSPS) is 13.8. The first-order chi connectivity index (χ1) is 8.84. The lowest BCUT2D eigenvalue weighted by Crippen LogP contribution is -2.25. The lowest BCUT2D eigenvalue weighted by atomic mass is 10.1. The summed E-state index contributed by atoms with van der Waals surface area (Å²) in [5.41, 5.74) is 10.1. The van der Waals surface area contributed by atoms with Gasteiger partial charge in [-0.15, -0.1) is 0 Å². The molecule has 0 amide bonds. The number of rotatable bonds is 3. The van der Waals surface area contributed by atoms with Crippen molar-refractivity contribution in [3.63, 3.8) is 0 Å². The van der Waals surface area contributed by atoms with Gasteiger partial charge in [0.05, 0.1) is 12.1 Å². The Morgan fingerprint density at radius 3 is 2.44 bits per heavy atom. The van der Waals surface area contributed by atoms with Crippen molar-refractivity contribution in [2.24, 2.45) is 5.73 Å². The van der Waals surface area contributed by atoms with Crippen LogP contribution in [0.5, 0.6) is 0 Å². The van der Waals surface area contributed by atoms with Crippen LogP contribution >= 0.6 is 0 Å². The molecule has 1 aliphatic heterocycles. The number of benzene rings is 2. The number of hydrogen-bond donors (Lipinski definition) is 1. The van der Waals surface area contributed by atoms with E-state index < -0.39 is 0 Å². The highest BCUT2D eigenvalue weighted by atomic mass is 15.1. The molecule has 0 atom stereocenters. The second-order valence-corrected chi connectivity index (χ2v) is 4.70. The summed E-state index contributed by atoms with van der Waals surface area (Å²) in [5, 5.41) is 0. The van der Waals surface area contributed by atoms with E-state index in [9.17, 15) is 0 Å². The van der Waals surface area contributed by atoms with Gasteiger partial charge in [0, 0.05) is 12.0 Å². The van der Waals surface area contributed by atoms with Crippen LogP contribution in [0, 0.1) is 0 Å². The zero-order valence-electron chi connectivity index (χ0n) is 10.3. The van der Waals surface area contributed by atoms with Crippen molar-refractivity contribution in [3.05, 3.63) is 71.3 Å². The molecule has 0 bridgehead atoms. The van der Waals surface area contributed by atoms with Gasteiger partial charge in [0.15, 0.2) is 0 Å². The molecule has 2 aromatic carbocycles. The first-order valence-corrected chi connectivity index (χ1v) is 6.34. The third-order valence-corrected chi connectivity index (χ3v) is 3.51. The molecule has 2 aromatic rings. The topological polar surface area (TPSA) is 29.0 Å². The Balaban J connectivity index is 1.74. The van der Waals surface area contributed by atoms with Gasteiger partial charge in [-0.25, -0.2) is 0 Å². The molecule has 0 fully saturated rings. The van der Waals surface area contributed by atoms with Crippen molar-refractivity contribution >= 4 is 5.84 Å². The number of nitrogens with two attached hydrogens (primary N) is 1. The van der Waals surface area contributed by atoms with Gasteiger partial charge in [0.25, 0.3) is 5.84 Å². The minimum atomic E-state index is 0.918. The lowest BCUT2D eigenvalue weighted by molar-refractivity contribution is -0.539. The number of nitrogens with zero attached hydrogens (tertiary/aromatic N) is 1. The Morgan fingerprint density at radius 2 is 1.67 bits per heavy atom. The molecule has 1 heterocycles. The summed E-state index contributed by atoms with van der Waals surface area (Å²) in [6.45, 7) is 1.92. The molecule has 2 heteroatoms. The predicted octanol–water partition coefficient (Wildman–Crippen LogP) is 2.16. The average molecular weight is 237 g/mol. The van der Waals surface area contributed by atoms with Crippen molar-refractivity contribution in [2.45, 2.75) is 13.0 Å². The molecule has 0 spiro atoms. The second-order valence-electron chi connectivity index (χ2n) is 4.70. The minimum absolute atomic E-state index is 0.918. The zero-order valence-corrected chi connectivity index (χ0v) is 10.3. The Bertz CT molecular complexity index is 585. The van der Waals surface area contributed by atoms with Crippen LogP contribution in [0.15, 0.2) is 54.6 Å². The van der Waals surface area contributed by atoms with Crippen molar-refractivity contribution < 1.29 is 4.58 Å². The summed E-state index contributed by atoms with van der Waals surface area (Å²) >= 11 is 0. The van der Waals surface area contributed by atoms with Crippen molar-refractivity contribution in [1.82, 2.24) is 0 Å². The standard InChI is InChI=1S/C16H16N2/c17-16-15-9-5-4-8-14(15)12-18(16)11-10-13-6-2-1-3-7-13/h1-9,17H,10-12H2/p+1. The van der Waals surface area contributed by atoms with Crippen LogP contribution in [-0.2, 0) is 13.0 Å². The molecule has 1 aliphatic rings. The van der Waals surface area contributed by atoms with E-state index in [2.05, 4.69) is 53.1 Å². The summed E-state index contributed by atoms with van der Waals surface area (Å²) in [5.74, 6) is 0.918. The maximum atomic E-state index is 6.20. The fourth-order valence-corrected chi connectivity index (χ4v) is 2.48. The van der Waals surface area contributed by atoms with E-state index in [0.717, 1.165) is 25.3 Å². The van der Waals surface area contributed by atoms with Crippen LogP contribution in [0.1, 0.15) is 16.7 Å². The number of hydrogen-bond acceptors (Lipinski definition) is 1. The van der Waals surface area contributed by atoms with E-state index in [0.29, 0.717) is 0 Å². The molecule has 0 unspecified atom stereocenters. The summed E-state index contributed by atoms with van der Waals surface area (Å²) in [4.78, 5) is 0. The van der Waals surface area contributed by atoms with Gasteiger partial charge >= 0.3 is 0 Å². The van der Waals surface area contributed by atoms with Crippen LogP contribution < -0.4 is 5.73 Å². The largest absolute Gasteiger partial charge is 0.287 e. The Labute approximate surface area is 107 Å². The molecule has 0 radical (unpaired) electrons. The monoisotopic (exact) mass is 237 g/mol. The molecule has 0 saturated heterocycles. The van der Waals surface area contributed by atoms with Gasteiger partial charge in [-0.1, -0.05) is 48.5 Å². The smallest absolute Gasteiger partial charge is 0.275 e. The maximum Gasteiger partial charge on any atom is 0.275 e. The molecular formula is C16H17N2+. The van der Waals surface area contributed by atoms with Gasteiger partial charge in [0.2, 0.25) is 0 Å². The highest BCUT2D eigenvalue weighted by Crippen LogP contribution is 2.16. The fraction of sp³-hybridized carbons (Fsp3) is 0.188. The Hall–Kier alpha value is -2.09. The van der Waals surface area contributed by atoms with Crippen LogP contribution in [0.4, 0.5) is 0 Å². The second kappa shape index (κ2) is 4.65. The molecule has 18 heavy (non-hydrogen) atoms. The molecule has 90 valence electrons. The number of amidine groups is 1. The van der Waals surface area contributed by atoms with Gasteiger partial charge in [-0.2, -0.15) is 0 Å². The van der Waals surface area contributed by atoms with E-state index in [1.54, 1.807) is 0 Å². The maximum absolute atomic E-state index is 6.20. The SMILES string of the molecule is NC1=[N+](CCc2ccccc2)Cc2ccccc21. The third kappa shape index (κ3) is 2.02. The van der Waals surface area contributed by atoms with E-state index >= 15 is 0 Å². The highest BCUT2D eigenvalue weighted by Gasteiger charge is 2.23. The summed E-state index contributed by atoms with van der Waals surface area (Å²) in [7, 11) is 0. The first-order valence-electron chi connectivity index (χ1n) is 6.34. The lowest BCUT2D eigenvalue weighted by Gasteiger charge is -2.03. The molecule has 0 aromatic heterocycles. The van der Waals surface area contributed by atoms with Gasteiger partial charge < -0.3 is 0 Å². The molecular weight excluding hydrogens is 220 g/mol. The number of fused-ring (bicyclic) bond motifs is 1. The average Bonchev–Trinajstić information content (AvgIpc) is 2.75. The third-order valence-electron chi connectivity index (χ3n) is 3.51. The molecule has 0 saturated carbocycles. The van der Waals surface area contributed by atoms with Crippen molar-refractivity contribution in [3.8, 4) is 0 Å². The molecule has 2 nitrogen and oxygen atoms in total. The van der Waals surface area contributed by atoms with E-state index in [-0.39, 0.29) is 0 Å². The molecule has 2 N–H and O–H groups in total. The highest BCUT2D eigenvalue weighted by molar-refractivity contribution is 5.96. The quantitative estimate of drug-likeness (QED) is 0.814. The van der Waals surface area contributed by atoms with E-state index in [1.807, 2.05) is 6.07 Å². The van der Waals surface area contributed by atoms with Gasteiger partial charge in [-0.05, 0) is 11.6 Å². The van der Waals surface area contributed by atoms with Crippen molar-refractivity contribution in [2.75, 3.05) is 6.54 Å². The summed E-state index contributed by atoms with van der Waals surface area (Å²) in [6, 6.07) is 18.9. The minimum Gasteiger partial charge on any atom is -0.287 e. The molecule has 0 aliphatic carbocycles. The van der Waals surface area contributed by atoms with E-state index in [1.165, 1.54) is 16.7 Å². The fourth-order valence-electron chi connectivity index (χ4n) is 2.48. The predicted molar refractivity (Wildman–Crippen MR) is 73.7 cm³/mol. The molecule has 3 rings (SSSR count). The van der Waals surface area contributed by atoms with Gasteiger partial charge in [0.1, 0.15) is 6.54 Å². The Kier molecular flexibility index (Phi) is 2.85. The van der Waals surface area contributed by atoms with E-state index in [4.69, 9.17) is 5.73 Å². The Morgan fingerprint density at radius 1 is 0.944 bits per heavy atom. The van der Waals surface area contributed by atoms with Crippen LogP contribution in [0.25, 0.3) is 0 Å². The van der Waals surface area contributed by atoms with Crippen LogP contribution in [0.2, 0.25) is 0 Å². The van der Waals surface area contributed by atoms with Gasteiger partial charge in [-0.3, -0.25) is 10.3 Å². The summed E-state index contributed by atoms with van der Waals surface area (Å²) < 4.78 is 2.26.